The first-order chi connectivity index (χ1) is 8.15. The largest absolute Gasteiger partial charge is 0.462 e. The van der Waals surface area contributed by atoms with Gasteiger partial charge in [-0.15, -0.1) is 0 Å². The predicted molar refractivity (Wildman–Crippen MR) is 76.2 cm³/mol. The van der Waals surface area contributed by atoms with Crippen molar-refractivity contribution in [2.24, 2.45) is 0 Å². The minimum Gasteiger partial charge on any atom is -0.462 e. The van der Waals surface area contributed by atoms with Gasteiger partial charge in [0.25, 0.3) is 0 Å². The van der Waals surface area contributed by atoms with Crippen molar-refractivity contribution in [3.8, 4) is 0 Å². The highest BCUT2D eigenvalue weighted by atomic mass is 79.9. The van der Waals surface area contributed by atoms with Gasteiger partial charge in [-0.05, 0) is 41.5 Å². The smallest absolute Gasteiger partial charge is 0.154 e. The molecule has 1 heterocycles. The number of furan rings is 1. The second-order valence-electron chi connectivity index (χ2n) is 3.72. The summed E-state index contributed by atoms with van der Waals surface area (Å²) in [5.74, 6) is 0. The molecule has 17 heavy (non-hydrogen) atoms. The normalized spacial score (nSPS) is 11.3. The van der Waals surface area contributed by atoms with E-state index in [1.807, 2.05) is 0 Å². The lowest BCUT2D eigenvalue weighted by molar-refractivity contribution is 0.607. The van der Waals surface area contributed by atoms with Crippen molar-refractivity contribution in [2.45, 2.75) is 13.3 Å². The molecule has 2 nitrogen and oxygen atoms in total. The lowest BCUT2D eigenvalue weighted by Crippen LogP contribution is -2.15. The summed E-state index contributed by atoms with van der Waals surface area (Å²) in [4.78, 5) is 0. The van der Waals surface area contributed by atoms with Crippen molar-refractivity contribution < 1.29 is 4.42 Å². The van der Waals surface area contributed by atoms with Crippen molar-refractivity contribution in [3.05, 3.63) is 32.4 Å². The molecule has 0 atom stereocenters. The second kappa shape index (κ2) is 5.61. The summed E-state index contributed by atoms with van der Waals surface area (Å²) in [6, 6.07) is 1.75. The van der Waals surface area contributed by atoms with Gasteiger partial charge in [0.15, 0.2) is 5.58 Å². The molecule has 0 radical (unpaired) electrons. The molecular weight excluding hydrogens is 325 g/mol. The molecule has 0 amide bonds. The highest BCUT2D eigenvalue weighted by molar-refractivity contribution is 9.10. The van der Waals surface area contributed by atoms with Gasteiger partial charge in [-0.25, -0.2) is 0 Å². The first-order valence-electron chi connectivity index (χ1n) is 5.39. The second-order valence-corrected chi connectivity index (χ2v) is 5.36. The highest BCUT2D eigenvalue weighted by Crippen LogP contribution is 2.39. The van der Waals surface area contributed by atoms with Gasteiger partial charge < -0.3 is 9.73 Å². The fraction of sp³-hybridized carbons (Fsp3) is 0.333. The van der Waals surface area contributed by atoms with Crippen LogP contribution in [0, 0.1) is 0 Å². The van der Waals surface area contributed by atoms with Crippen LogP contribution in [0.3, 0.4) is 0 Å². The number of benzene rings is 1. The molecule has 1 N–H and O–H groups in total. The quantitative estimate of drug-likeness (QED) is 0.649. The monoisotopic (exact) mass is 335 g/mol. The Hall–Kier alpha value is -0.220. The van der Waals surface area contributed by atoms with E-state index in [1.165, 1.54) is 0 Å². The Morgan fingerprint density at radius 3 is 2.88 bits per heavy atom. The molecule has 2 rings (SSSR count). The van der Waals surface area contributed by atoms with E-state index in [4.69, 9.17) is 27.6 Å². The van der Waals surface area contributed by atoms with Crippen molar-refractivity contribution >= 4 is 50.1 Å². The first-order valence-corrected chi connectivity index (χ1v) is 6.94. The van der Waals surface area contributed by atoms with Gasteiger partial charge in [0, 0.05) is 15.4 Å². The molecule has 0 saturated carbocycles. The van der Waals surface area contributed by atoms with E-state index >= 15 is 0 Å². The zero-order valence-electron chi connectivity index (χ0n) is 9.32. The zero-order chi connectivity index (χ0) is 12.4. The van der Waals surface area contributed by atoms with E-state index in [0.717, 1.165) is 34.9 Å². The number of likely N-dealkylation sites (N-methyl/N-ethyl adjacent to an activating group) is 1. The third-order valence-electron chi connectivity index (χ3n) is 2.59. The van der Waals surface area contributed by atoms with E-state index in [-0.39, 0.29) is 0 Å². The summed E-state index contributed by atoms with van der Waals surface area (Å²) in [5.41, 5.74) is 1.74. The van der Waals surface area contributed by atoms with E-state index in [9.17, 15) is 0 Å². The van der Waals surface area contributed by atoms with Crippen molar-refractivity contribution in [1.82, 2.24) is 5.32 Å². The molecule has 0 aliphatic rings. The standard InChI is InChI=1S/C12H12BrCl2NO/c1-2-16-4-3-7-6-17-12-9(14)5-8(13)11(15)10(7)12/h5-6,16H,2-4H2,1H3. The Morgan fingerprint density at radius 2 is 2.18 bits per heavy atom. The number of halogens is 3. The van der Waals surface area contributed by atoms with Crippen LogP contribution in [-0.2, 0) is 6.42 Å². The number of hydrogen-bond donors (Lipinski definition) is 1. The lowest BCUT2D eigenvalue weighted by atomic mass is 10.1. The van der Waals surface area contributed by atoms with E-state index in [1.54, 1.807) is 12.3 Å². The number of nitrogens with one attached hydrogen (secondary N) is 1. The predicted octanol–water partition coefficient (Wildman–Crippen LogP) is 4.65. The van der Waals surface area contributed by atoms with Gasteiger partial charge in [0.2, 0.25) is 0 Å². The van der Waals surface area contributed by atoms with Crippen molar-refractivity contribution in [2.75, 3.05) is 13.1 Å². The summed E-state index contributed by atoms with van der Waals surface area (Å²) < 4.78 is 6.28. The highest BCUT2D eigenvalue weighted by Gasteiger charge is 2.15. The number of rotatable bonds is 4. The Bertz CT molecular complexity index is 539. The molecule has 0 bridgehead atoms. The summed E-state index contributed by atoms with van der Waals surface area (Å²) in [5, 5.41) is 5.41. The van der Waals surface area contributed by atoms with E-state index < -0.39 is 0 Å². The SMILES string of the molecule is CCNCCc1coc2c(Cl)cc(Br)c(Cl)c12. The first kappa shape index (κ1) is 13.2. The topological polar surface area (TPSA) is 25.2 Å². The number of fused-ring (bicyclic) bond motifs is 1. The van der Waals surface area contributed by atoms with Gasteiger partial charge in [0.05, 0.1) is 16.3 Å². The fourth-order valence-electron chi connectivity index (χ4n) is 1.75. The van der Waals surface area contributed by atoms with Crippen LogP contribution in [0.25, 0.3) is 11.0 Å². The summed E-state index contributed by atoms with van der Waals surface area (Å²) >= 11 is 15.8. The molecule has 1 aromatic carbocycles. The lowest BCUT2D eigenvalue weighted by Gasteiger charge is -2.03. The molecule has 0 aliphatic heterocycles. The van der Waals surface area contributed by atoms with Crippen LogP contribution in [0.1, 0.15) is 12.5 Å². The molecule has 1 aromatic heterocycles. The molecule has 5 heteroatoms. The average molecular weight is 337 g/mol. The van der Waals surface area contributed by atoms with Gasteiger partial charge >= 0.3 is 0 Å². The van der Waals surface area contributed by atoms with Gasteiger partial charge in [0.1, 0.15) is 0 Å². The van der Waals surface area contributed by atoms with Gasteiger partial charge in [-0.1, -0.05) is 30.1 Å². The Labute approximate surface area is 118 Å². The van der Waals surface area contributed by atoms with E-state index in [2.05, 4.69) is 28.2 Å². The van der Waals surface area contributed by atoms with Crippen LogP contribution in [0.5, 0.6) is 0 Å². The fourth-order valence-corrected chi connectivity index (χ4v) is 2.82. The Balaban J connectivity index is 2.44. The maximum atomic E-state index is 6.27. The summed E-state index contributed by atoms with van der Waals surface area (Å²) in [6.45, 7) is 3.92. The van der Waals surface area contributed by atoms with Crippen LogP contribution in [-0.4, -0.2) is 13.1 Å². The average Bonchev–Trinajstić information content (AvgIpc) is 2.71. The van der Waals surface area contributed by atoms with Gasteiger partial charge in [-0.3, -0.25) is 0 Å². The van der Waals surface area contributed by atoms with Crippen LogP contribution in [0.15, 0.2) is 21.2 Å². The van der Waals surface area contributed by atoms with Crippen LogP contribution in [0.2, 0.25) is 10.0 Å². The van der Waals surface area contributed by atoms with Gasteiger partial charge in [-0.2, -0.15) is 0 Å². The maximum absolute atomic E-state index is 6.27. The minimum atomic E-state index is 0.575. The van der Waals surface area contributed by atoms with Crippen molar-refractivity contribution in [1.29, 1.82) is 0 Å². The van der Waals surface area contributed by atoms with Crippen LogP contribution < -0.4 is 5.32 Å². The molecule has 92 valence electrons. The Morgan fingerprint density at radius 1 is 1.41 bits per heavy atom. The number of hydrogen-bond acceptors (Lipinski definition) is 2. The third-order valence-corrected chi connectivity index (χ3v) is 4.11. The Kier molecular flexibility index (Phi) is 4.36. The van der Waals surface area contributed by atoms with Crippen LogP contribution >= 0.6 is 39.1 Å². The summed E-state index contributed by atoms with van der Waals surface area (Å²) in [7, 11) is 0. The molecule has 0 aliphatic carbocycles. The van der Waals surface area contributed by atoms with E-state index in [0.29, 0.717) is 15.6 Å². The third kappa shape index (κ3) is 2.63. The molecular formula is C12H12BrCl2NO. The zero-order valence-corrected chi connectivity index (χ0v) is 12.4. The summed E-state index contributed by atoms with van der Waals surface area (Å²) in [6.07, 6.45) is 2.60. The van der Waals surface area contributed by atoms with Crippen molar-refractivity contribution in [3.63, 3.8) is 0 Å². The maximum Gasteiger partial charge on any atom is 0.154 e. The van der Waals surface area contributed by atoms with Crippen LogP contribution in [0.4, 0.5) is 0 Å². The molecule has 0 fully saturated rings. The minimum absolute atomic E-state index is 0.575. The molecule has 0 saturated heterocycles. The molecule has 0 unspecified atom stereocenters. The molecule has 0 spiro atoms. The molecule has 2 aromatic rings.